The largest absolute Gasteiger partial charge is 0.412 e. The van der Waals surface area contributed by atoms with Gasteiger partial charge in [0.1, 0.15) is 0 Å². The Balaban J connectivity index is 1.24. The van der Waals surface area contributed by atoms with Crippen molar-refractivity contribution in [1.29, 1.82) is 0 Å². The van der Waals surface area contributed by atoms with Gasteiger partial charge in [-0.05, 0) is 29.7 Å². The van der Waals surface area contributed by atoms with Crippen LogP contribution in [0.4, 0.5) is 5.69 Å². The predicted octanol–water partition coefficient (Wildman–Crippen LogP) is 3.74. The van der Waals surface area contributed by atoms with E-state index in [0.29, 0.717) is 16.9 Å². The molecule has 4 rings (SSSR count). The van der Waals surface area contributed by atoms with Crippen LogP contribution in [0.3, 0.4) is 0 Å². The molecule has 2 aromatic heterocycles. The minimum Gasteiger partial charge on any atom is -0.412 e. The number of thiophene rings is 1. The lowest BCUT2D eigenvalue weighted by Gasteiger charge is -2.36. The average Bonchev–Trinajstić information content (AvgIpc) is 3.43. The van der Waals surface area contributed by atoms with Gasteiger partial charge in [-0.25, -0.2) is 0 Å². The minimum absolute atomic E-state index is 0.103. The molecule has 0 aliphatic carbocycles. The number of carbonyl (C=O) groups is 1. The van der Waals surface area contributed by atoms with Gasteiger partial charge in [0.15, 0.2) is 0 Å². The maximum atomic E-state index is 12.5. The number of aromatic nitrogens is 2. The van der Waals surface area contributed by atoms with Gasteiger partial charge >= 0.3 is 0 Å². The first-order valence-electron chi connectivity index (χ1n) is 9.03. The fourth-order valence-electron chi connectivity index (χ4n) is 2.95. The molecule has 0 atom stereocenters. The number of carbonyl (C=O) groups excluding carboxylic acids is 1. The molecule has 144 valence electrons. The molecule has 1 amide bonds. The molecule has 0 radical (unpaired) electrons. The van der Waals surface area contributed by atoms with Crippen molar-refractivity contribution in [2.45, 2.75) is 5.22 Å². The molecule has 1 aromatic carbocycles. The van der Waals surface area contributed by atoms with Gasteiger partial charge in [0.25, 0.3) is 5.22 Å². The van der Waals surface area contributed by atoms with E-state index < -0.39 is 0 Å². The van der Waals surface area contributed by atoms with Crippen LogP contribution >= 0.6 is 23.1 Å². The zero-order chi connectivity index (χ0) is 19.2. The third kappa shape index (κ3) is 4.82. The Hall–Kier alpha value is -2.58. The highest BCUT2D eigenvalue weighted by Gasteiger charge is 2.21. The Morgan fingerprint density at radius 2 is 1.89 bits per heavy atom. The number of hydrogen-bond acceptors (Lipinski definition) is 7. The maximum Gasteiger partial charge on any atom is 0.277 e. The first-order valence-corrected chi connectivity index (χ1v) is 10.9. The summed E-state index contributed by atoms with van der Waals surface area (Å²) in [6.07, 6.45) is 3.72. The van der Waals surface area contributed by atoms with Crippen molar-refractivity contribution in [3.63, 3.8) is 0 Å². The van der Waals surface area contributed by atoms with Gasteiger partial charge in [-0.2, -0.15) is 0 Å². The van der Waals surface area contributed by atoms with Crippen molar-refractivity contribution in [3.8, 4) is 0 Å². The summed E-state index contributed by atoms with van der Waals surface area (Å²) in [5.41, 5.74) is 1.21. The third-order valence-electron chi connectivity index (χ3n) is 4.43. The predicted molar refractivity (Wildman–Crippen MR) is 114 cm³/mol. The van der Waals surface area contributed by atoms with E-state index in [1.165, 1.54) is 17.4 Å². The number of nitrogens with zero attached hydrogens (tertiary/aromatic N) is 4. The molecule has 0 N–H and O–H groups in total. The molecule has 0 unspecified atom stereocenters. The van der Waals surface area contributed by atoms with E-state index in [0.717, 1.165) is 31.1 Å². The van der Waals surface area contributed by atoms with E-state index in [1.807, 2.05) is 46.7 Å². The van der Waals surface area contributed by atoms with Gasteiger partial charge in [0.05, 0.1) is 5.75 Å². The van der Waals surface area contributed by atoms with E-state index in [2.05, 4.69) is 27.2 Å². The molecule has 0 spiro atoms. The number of rotatable bonds is 6. The molecule has 1 aliphatic rings. The van der Waals surface area contributed by atoms with Crippen molar-refractivity contribution >= 4 is 46.8 Å². The highest BCUT2D eigenvalue weighted by molar-refractivity contribution is 7.99. The smallest absolute Gasteiger partial charge is 0.277 e. The Kier molecular flexibility index (Phi) is 6.08. The molecule has 0 saturated carbocycles. The van der Waals surface area contributed by atoms with E-state index in [9.17, 15) is 4.79 Å². The normalized spacial score (nSPS) is 14.7. The Morgan fingerprint density at radius 1 is 1.07 bits per heavy atom. The zero-order valence-corrected chi connectivity index (χ0v) is 16.9. The van der Waals surface area contributed by atoms with Crippen LogP contribution in [0, 0.1) is 0 Å². The molecule has 1 aliphatic heterocycles. The highest BCUT2D eigenvalue weighted by Crippen LogP contribution is 2.20. The van der Waals surface area contributed by atoms with E-state index in [1.54, 1.807) is 17.4 Å². The second-order valence-corrected chi connectivity index (χ2v) is 8.15. The summed E-state index contributed by atoms with van der Waals surface area (Å²) < 4.78 is 5.57. The molecule has 1 fully saturated rings. The maximum absolute atomic E-state index is 12.5. The van der Waals surface area contributed by atoms with Crippen molar-refractivity contribution in [1.82, 2.24) is 15.1 Å². The van der Waals surface area contributed by atoms with Gasteiger partial charge in [-0.1, -0.05) is 36.0 Å². The molecule has 8 heteroatoms. The lowest BCUT2D eigenvalue weighted by molar-refractivity contribution is -0.128. The number of para-hydroxylation sites is 1. The molecule has 28 heavy (non-hydrogen) atoms. The van der Waals surface area contributed by atoms with Gasteiger partial charge in [-0.3, -0.25) is 4.79 Å². The standard InChI is InChI=1S/C20H20N4O2S2/c25-19(24-12-10-23(11-13-24)16-5-2-1-3-6-16)15-28-20-22-21-18(26-20)9-8-17-7-4-14-27-17/h1-9,14H,10-13,15H2/b9-8+. The van der Waals surface area contributed by atoms with Crippen LogP contribution in [-0.2, 0) is 4.79 Å². The van der Waals surface area contributed by atoms with Crippen molar-refractivity contribution < 1.29 is 9.21 Å². The van der Waals surface area contributed by atoms with Gasteiger partial charge < -0.3 is 14.2 Å². The molecular weight excluding hydrogens is 392 g/mol. The molecule has 1 saturated heterocycles. The van der Waals surface area contributed by atoms with Crippen LogP contribution in [0.25, 0.3) is 12.2 Å². The summed E-state index contributed by atoms with van der Waals surface area (Å²) in [6.45, 7) is 3.15. The van der Waals surface area contributed by atoms with Gasteiger partial charge in [0, 0.05) is 42.8 Å². The summed E-state index contributed by atoms with van der Waals surface area (Å²) in [7, 11) is 0. The van der Waals surface area contributed by atoms with E-state index in [4.69, 9.17) is 4.42 Å². The number of thioether (sulfide) groups is 1. The summed E-state index contributed by atoms with van der Waals surface area (Å²) >= 11 is 2.93. The summed E-state index contributed by atoms with van der Waals surface area (Å²) in [5.74, 6) is 0.855. The summed E-state index contributed by atoms with van der Waals surface area (Å²) in [4.78, 5) is 17.8. The van der Waals surface area contributed by atoms with Gasteiger partial charge in [-0.15, -0.1) is 21.5 Å². The Labute approximate surface area is 171 Å². The Morgan fingerprint density at radius 3 is 2.64 bits per heavy atom. The van der Waals surface area contributed by atoms with E-state index in [-0.39, 0.29) is 5.91 Å². The quantitative estimate of drug-likeness (QED) is 0.575. The number of anilines is 1. The average molecular weight is 413 g/mol. The van der Waals surface area contributed by atoms with Crippen LogP contribution in [0.5, 0.6) is 0 Å². The zero-order valence-electron chi connectivity index (χ0n) is 15.2. The van der Waals surface area contributed by atoms with Gasteiger partial charge in [0.2, 0.25) is 11.8 Å². The SMILES string of the molecule is O=C(CSc1nnc(/C=C/c2cccs2)o1)N1CCN(c2ccccc2)CC1. The number of benzene rings is 1. The fraction of sp³-hybridized carbons (Fsp3) is 0.250. The minimum atomic E-state index is 0.103. The highest BCUT2D eigenvalue weighted by atomic mass is 32.2. The van der Waals surface area contributed by atoms with Crippen LogP contribution < -0.4 is 4.90 Å². The topological polar surface area (TPSA) is 62.5 Å². The van der Waals surface area contributed by atoms with Crippen molar-refractivity contribution in [2.24, 2.45) is 0 Å². The van der Waals surface area contributed by atoms with Crippen LogP contribution in [0.1, 0.15) is 10.8 Å². The van der Waals surface area contributed by atoms with Crippen LogP contribution in [0.2, 0.25) is 0 Å². The molecule has 0 bridgehead atoms. The number of hydrogen-bond donors (Lipinski definition) is 0. The monoisotopic (exact) mass is 412 g/mol. The Bertz CT molecular complexity index is 917. The lowest BCUT2D eigenvalue weighted by atomic mass is 10.2. The van der Waals surface area contributed by atoms with E-state index >= 15 is 0 Å². The molecule has 6 nitrogen and oxygen atoms in total. The lowest BCUT2D eigenvalue weighted by Crippen LogP contribution is -2.49. The van der Waals surface area contributed by atoms with Crippen LogP contribution in [0.15, 0.2) is 57.5 Å². The molecular formula is C20H20N4O2S2. The first kappa shape index (κ1) is 18.8. The van der Waals surface area contributed by atoms with Crippen molar-refractivity contribution in [2.75, 3.05) is 36.8 Å². The van der Waals surface area contributed by atoms with Crippen LogP contribution in [-0.4, -0.2) is 52.9 Å². The number of amides is 1. The second-order valence-electron chi connectivity index (χ2n) is 6.25. The fourth-order valence-corrected chi connectivity index (χ4v) is 4.24. The third-order valence-corrected chi connectivity index (χ3v) is 6.07. The second kappa shape index (κ2) is 9.07. The van der Waals surface area contributed by atoms with Crippen molar-refractivity contribution in [3.05, 3.63) is 58.6 Å². The number of piperazine rings is 1. The first-order chi connectivity index (χ1) is 13.8. The molecule has 3 aromatic rings. The molecule has 3 heterocycles. The summed E-state index contributed by atoms with van der Waals surface area (Å²) in [6, 6.07) is 14.3. The summed E-state index contributed by atoms with van der Waals surface area (Å²) in [5, 5.41) is 10.4.